The molecule has 0 saturated carbocycles. The van der Waals surface area contributed by atoms with E-state index in [9.17, 15) is 0 Å². The minimum Gasteiger partial charge on any atom is -0.382 e. The SMILES string of the molecule is CCNC(=NCC(CC)N1CCc2ccccc2C1)NCCCOCCOC.I. The maximum absolute atomic E-state index is 5.51. The molecule has 7 heteroatoms. The van der Waals surface area contributed by atoms with Crippen molar-refractivity contribution in [3.8, 4) is 0 Å². The van der Waals surface area contributed by atoms with Crippen LogP contribution in [0.3, 0.4) is 0 Å². The third-order valence-corrected chi connectivity index (χ3v) is 5.14. The lowest BCUT2D eigenvalue weighted by atomic mass is 9.98. The molecule has 0 radical (unpaired) electrons. The minimum atomic E-state index is 0. The number of rotatable bonds is 12. The molecule has 0 fully saturated rings. The van der Waals surface area contributed by atoms with Gasteiger partial charge in [0.2, 0.25) is 0 Å². The average Bonchev–Trinajstić information content (AvgIpc) is 2.73. The number of fused-ring (bicyclic) bond motifs is 1. The molecular formula is C22H39IN4O2. The number of methoxy groups -OCH3 is 1. The van der Waals surface area contributed by atoms with Gasteiger partial charge in [0, 0.05) is 45.9 Å². The molecule has 1 aliphatic heterocycles. The van der Waals surface area contributed by atoms with Gasteiger partial charge in [-0.1, -0.05) is 31.2 Å². The maximum atomic E-state index is 5.51. The van der Waals surface area contributed by atoms with E-state index >= 15 is 0 Å². The van der Waals surface area contributed by atoms with Crippen molar-refractivity contribution in [3.63, 3.8) is 0 Å². The zero-order valence-electron chi connectivity index (χ0n) is 18.3. The second-order valence-corrected chi connectivity index (χ2v) is 7.16. The average molecular weight is 518 g/mol. The highest BCUT2D eigenvalue weighted by atomic mass is 127. The molecule has 1 aliphatic rings. The van der Waals surface area contributed by atoms with Crippen molar-refractivity contribution in [2.24, 2.45) is 4.99 Å². The molecule has 166 valence electrons. The van der Waals surface area contributed by atoms with Gasteiger partial charge in [-0.2, -0.15) is 0 Å². The monoisotopic (exact) mass is 518 g/mol. The number of aliphatic imine (C=N–C) groups is 1. The molecule has 0 spiro atoms. The fourth-order valence-electron chi connectivity index (χ4n) is 3.50. The van der Waals surface area contributed by atoms with Crippen molar-refractivity contribution in [2.45, 2.75) is 45.7 Å². The Labute approximate surface area is 193 Å². The van der Waals surface area contributed by atoms with Crippen molar-refractivity contribution < 1.29 is 9.47 Å². The van der Waals surface area contributed by atoms with Crippen molar-refractivity contribution in [3.05, 3.63) is 35.4 Å². The molecule has 0 aromatic heterocycles. The van der Waals surface area contributed by atoms with Crippen LogP contribution < -0.4 is 10.6 Å². The molecule has 1 unspecified atom stereocenters. The molecule has 2 N–H and O–H groups in total. The molecule has 1 aromatic rings. The molecule has 0 aliphatic carbocycles. The summed E-state index contributed by atoms with van der Waals surface area (Å²) in [6.45, 7) is 11.1. The van der Waals surface area contributed by atoms with E-state index in [2.05, 4.69) is 53.6 Å². The Hall–Kier alpha value is -0.900. The fourth-order valence-corrected chi connectivity index (χ4v) is 3.50. The largest absolute Gasteiger partial charge is 0.382 e. The van der Waals surface area contributed by atoms with Gasteiger partial charge in [-0.25, -0.2) is 0 Å². The van der Waals surface area contributed by atoms with Gasteiger partial charge in [0.1, 0.15) is 0 Å². The Bertz CT molecular complexity index is 586. The van der Waals surface area contributed by atoms with E-state index in [1.54, 1.807) is 7.11 Å². The van der Waals surface area contributed by atoms with Crippen LogP contribution in [0, 0.1) is 0 Å². The fraction of sp³-hybridized carbons (Fsp3) is 0.682. The minimum absolute atomic E-state index is 0. The number of nitrogens with zero attached hydrogens (tertiary/aromatic N) is 2. The molecule has 6 nitrogen and oxygen atoms in total. The summed E-state index contributed by atoms with van der Waals surface area (Å²) in [6, 6.07) is 9.29. The Morgan fingerprint density at radius 1 is 1.14 bits per heavy atom. The predicted octanol–water partition coefficient (Wildman–Crippen LogP) is 3.05. The van der Waals surface area contributed by atoms with E-state index in [1.165, 1.54) is 11.1 Å². The van der Waals surface area contributed by atoms with Crippen LogP contribution in [-0.2, 0) is 22.4 Å². The first-order chi connectivity index (χ1) is 13.8. The van der Waals surface area contributed by atoms with Gasteiger partial charge < -0.3 is 20.1 Å². The lowest BCUT2D eigenvalue weighted by Gasteiger charge is -2.34. The van der Waals surface area contributed by atoms with Gasteiger partial charge in [-0.05, 0) is 37.3 Å². The lowest BCUT2D eigenvalue weighted by molar-refractivity contribution is 0.0698. The highest BCUT2D eigenvalue weighted by molar-refractivity contribution is 14.0. The molecule has 1 atom stereocenters. The summed E-state index contributed by atoms with van der Waals surface area (Å²) in [5, 5.41) is 6.77. The predicted molar refractivity (Wildman–Crippen MR) is 131 cm³/mol. The van der Waals surface area contributed by atoms with Gasteiger partial charge in [0.25, 0.3) is 0 Å². The van der Waals surface area contributed by atoms with Gasteiger partial charge in [0.05, 0.1) is 19.8 Å². The number of hydrogen-bond acceptors (Lipinski definition) is 4. The topological polar surface area (TPSA) is 58.1 Å². The molecule has 0 amide bonds. The number of halogens is 1. The summed E-state index contributed by atoms with van der Waals surface area (Å²) in [5.74, 6) is 0.898. The summed E-state index contributed by atoms with van der Waals surface area (Å²) in [5.41, 5.74) is 2.97. The number of benzene rings is 1. The van der Waals surface area contributed by atoms with Crippen molar-refractivity contribution in [1.82, 2.24) is 15.5 Å². The molecular weight excluding hydrogens is 479 g/mol. The number of ether oxygens (including phenoxy) is 2. The van der Waals surface area contributed by atoms with Crippen LogP contribution in [0.15, 0.2) is 29.3 Å². The van der Waals surface area contributed by atoms with Gasteiger partial charge in [0.15, 0.2) is 5.96 Å². The van der Waals surface area contributed by atoms with E-state index in [0.717, 1.165) is 64.6 Å². The van der Waals surface area contributed by atoms with Crippen LogP contribution in [0.4, 0.5) is 0 Å². The first kappa shape index (κ1) is 26.1. The Morgan fingerprint density at radius 3 is 2.66 bits per heavy atom. The molecule has 1 heterocycles. The summed E-state index contributed by atoms with van der Waals surface area (Å²) >= 11 is 0. The highest BCUT2D eigenvalue weighted by Gasteiger charge is 2.22. The van der Waals surface area contributed by atoms with E-state index in [-0.39, 0.29) is 24.0 Å². The molecule has 1 aromatic carbocycles. The van der Waals surface area contributed by atoms with Gasteiger partial charge in [-0.15, -0.1) is 24.0 Å². The van der Waals surface area contributed by atoms with Crippen LogP contribution in [0.25, 0.3) is 0 Å². The third kappa shape index (κ3) is 9.63. The first-order valence-electron chi connectivity index (χ1n) is 10.7. The molecule has 29 heavy (non-hydrogen) atoms. The number of nitrogens with one attached hydrogen (secondary N) is 2. The molecule has 0 bridgehead atoms. The van der Waals surface area contributed by atoms with Crippen LogP contribution in [0.2, 0.25) is 0 Å². The Balaban J connectivity index is 0.00000420. The van der Waals surface area contributed by atoms with Crippen LogP contribution in [0.5, 0.6) is 0 Å². The van der Waals surface area contributed by atoms with Gasteiger partial charge >= 0.3 is 0 Å². The van der Waals surface area contributed by atoms with Crippen LogP contribution in [-0.4, -0.2) is 70.0 Å². The van der Waals surface area contributed by atoms with E-state index in [0.29, 0.717) is 19.3 Å². The summed E-state index contributed by atoms with van der Waals surface area (Å²) in [4.78, 5) is 7.44. The van der Waals surface area contributed by atoms with E-state index in [1.807, 2.05) is 0 Å². The molecule has 0 saturated heterocycles. The van der Waals surface area contributed by atoms with Crippen molar-refractivity contribution in [1.29, 1.82) is 0 Å². The highest BCUT2D eigenvalue weighted by Crippen LogP contribution is 2.21. The second kappa shape index (κ2) is 15.9. The van der Waals surface area contributed by atoms with E-state index in [4.69, 9.17) is 14.5 Å². The quantitative estimate of drug-likeness (QED) is 0.193. The Kier molecular flexibility index (Phi) is 14.3. The van der Waals surface area contributed by atoms with Gasteiger partial charge in [-0.3, -0.25) is 9.89 Å². The normalized spacial score (nSPS) is 15.3. The summed E-state index contributed by atoms with van der Waals surface area (Å²) in [6.07, 6.45) is 3.20. The maximum Gasteiger partial charge on any atom is 0.191 e. The zero-order valence-corrected chi connectivity index (χ0v) is 20.6. The molecule has 2 rings (SSSR count). The standard InChI is InChI=1S/C22H38N4O2.HI/c1-4-21(26-13-11-19-9-6-7-10-20(19)18-26)17-25-22(23-5-2)24-12-8-14-28-16-15-27-3;/h6-7,9-10,21H,4-5,8,11-18H2,1-3H3,(H2,23,24,25);1H. The van der Waals surface area contributed by atoms with Crippen molar-refractivity contribution >= 4 is 29.9 Å². The zero-order chi connectivity index (χ0) is 20.0. The second-order valence-electron chi connectivity index (χ2n) is 7.16. The number of guanidine groups is 1. The lowest BCUT2D eigenvalue weighted by Crippen LogP contribution is -2.43. The third-order valence-electron chi connectivity index (χ3n) is 5.14. The summed E-state index contributed by atoms with van der Waals surface area (Å²) < 4.78 is 10.5. The summed E-state index contributed by atoms with van der Waals surface area (Å²) in [7, 11) is 1.69. The number of hydrogen-bond donors (Lipinski definition) is 2. The van der Waals surface area contributed by atoms with E-state index < -0.39 is 0 Å². The van der Waals surface area contributed by atoms with Crippen molar-refractivity contribution in [2.75, 3.05) is 53.1 Å². The Morgan fingerprint density at radius 2 is 1.93 bits per heavy atom. The smallest absolute Gasteiger partial charge is 0.191 e. The van der Waals surface area contributed by atoms with Crippen LogP contribution in [0.1, 0.15) is 37.8 Å². The first-order valence-corrected chi connectivity index (χ1v) is 10.7. The van der Waals surface area contributed by atoms with Crippen LogP contribution >= 0.6 is 24.0 Å².